The van der Waals surface area contributed by atoms with Crippen LogP contribution in [-0.4, -0.2) is 28.6 Å². The van der Waals surface area contributed by atoms with E-state index in [-0.39, 0.29) is 11.3 Å². The normalized spacial score (nSPS) is 12.0. The van der Waals surface area contributed by atoms with Crippen LogP contribution in [0.25, 0.3) is 10.9 Å². The molecule has 7 heteroatoms. The summed E-state index contributed by atoms with van der Waals surface area (Å²) in [5, 5.41) is 9.44. The van der Waals surface area contributed by atoms with Crippen LogP contribution in [0, 0.1) is 13.8 Å². The number of fused-ring (bicyclic) bond motifs is 1. The third-order valence-corrected chi connectivity index (χ3v) is 5.03. The molecule has 0 unspecified atom stereocenters. The number of carboxylic acids is 1. The molecule has 0 spiro atoms. The number of unbranched alkanes of at least 4 members (excludes halogenated alkanes) is 2. The highest BCUT2D eigenvalue weighted by Crippen LogP contribution is 2.28. The molecular formula is C16H21NO5S. The Kier molecular flexibility index (Phi) is 5.11. The summed E-state index contributed by atoms with van der Waals surface area (Å²) in [6.45, 7) is 4.65. The van der Waals surface area contributed by atoms with Crippen LogP contribution in [0.2, 0.25) is 0 Å². The summed E-state index contributed by atoms with van der Waals surface area (Å²) < 4.78 is 33.8. The molecule has 6 nitrogen and oxygen atoms in total. The summed E-state index contributed by atoms with van der Waals surface area (Å²) in [7, 11) is -4.21. The summed E-state index contributed by atoms with van der Waals surface area (Å²) in [5.74, 6) is -0.777. The molecular weight excluding hydrogens is 318 g/mol. The van der Waals surface area contributed by atoms with Crippen LogP contribution in [-0.2, 0) is 21.5 Å². The van der Waals surface area contributed by atoms with E-state index in [1.165, 1.54) is 12.1 Å². The Hall–Kier alpha value is -1.86. The lowest BCUT2D eigenvalue weighted by atomic mass is 10.1. The number of aliphatic carboxylic acids is 1. The number of hydrogen-bond acceptors (Lipinski definition) is 3. The quantitative estimate of drug-likeness (QED) is 0.596. The molecule has 1 aromatic heterocycles. The van der Waals surface area contributed by atoms with Gasteiger partial charge in [-0.2, -0.15) is 8.42 Å². The second kappa shape index (κ2) is 6.72. The lowest BCUT2D eigenvalue weighted by Gasteiger charge is -2.08. The van der Waals surface area contributed by atoms with Crippen LogP contribution < -0.4 is 0 Å². The predicted octanol–water partition coefficient (Wildman–Crippen LogP) is 3.15. The monoisotopic (exact) mass is 339 g/mol. The molecule has 0 aliphatic heterocycles. The lowest BCUT2D eigenvalue weighted by Crippen LogP contribution is -2.02. The molecule has 1 heterocycles. The van der Waals surface area contributed by atoms with Gasteiger partial charge >= 0.3 is 5.97 Å². The van der Waals surface area contributed by atoms with Crippen molar-refractivity contribution in [2.24, 2.45) is 0 Å². The smallest absolute Gasteiger partial charge is 0.303 e. The Labute approximate surface area is 135 Å². The summed E-state index contributed by atoms with van der Waals surface area (Å²) in [6, 6.07) is 4.60. The molecule has 0 atom stereocenters. The van der Waals surface area contributed by atoms with E-state index in [4.69, 9.17) is 5.11 Å². The molecule has 0 saturated carbocycles. The molecule has 2 rings (SSSR count). The first kappa shape index (κ1) is 17.5. The standard InChI is InChI=1S/C16H21NO5S/c1-11-12(2)17(9-5-3-4-6-16(18)19)15-8-7-13(10-14(11)15)23(20,21)22/h7-8,10H,3-6,9H2,1-2H3,(H,18,19)(H,20,21,22). The second-order valence-corrected chi connectivity index (χ2v) is 7.14. The van der Waals surface area contributed by atoms with E-state index in [1.807, 2.05) is 13.8 Å². The van der Waals surface area contributed by atoms with Crippen LogP contribution >= 0.6 is 0 Å². The first-order valence-electron chi connectivity index (χ1n) is 7.50. The van der Waals surface area contributed by atoms with Gasteiger partial charge in [-0.3, -0.25) is 9.35 Å². The first-order valence-corrected chi connectivity index (χ1v) is 8.94. The van der Waals surface area contributed by atoms with Gasteiger partial charge in [0.15, 0.2) is 0 Å². The van der Waals surface area contributed by atoms with Gasteiger partial charge in [-0.05, 0) is 50.5 Å². The topological polar surface area (TPSA) is 96.6 Å². The second-order valence-electron chi connectivity index (χ2n) is 5.72. The summed E-state index contributed by atoms with van der Waals surface area (Å²) in [4.78, 5) is 10.4. The van der Waals surface area contributed by atoms with Crippen molar-refractivity contribution in [3.63, 3.8) is 0 Å². The molecule has 23 heavy (non-hydrogen) atoms. The van der Waals surface area contributed by atoms with Crippen molar-refractivity contribution in [1.82, 2.24) is 4.57 Å². The first-order chi connectivity index (χ1) is 10.7. The van der Waals surface area contributed by atoms with Crippen LogP contribution in [0.5, 0.6) is 0 Å². The highest BCUT2D eigenvalue weighted by molar-refractivity contribution is 7.85. The number of aryl methyl sites for hydroxylation is 2. The maximum Gasteiger partial charge on any atom is 0.303 e. The van der Waals surface area contributed by atoms with Gasteiger partial charge in [0.25, 0.3) is 10.1 Å². The van der Waals surface area contributed by atoms with Gasteiger partial charge in [-0.1, -0.05) is 6.42 Å². The number of benzene rings is 1. The van der Waals surface area contributed by atoms with E-state index in [2.05, 4.69) is 4.57 Å². The van der Waals surface area contributed by atoms with Crippen molar-refractivity contribution in [1.29, 1.82) is 0 Å². The summed E-state index contributed by atoms with van der Waals surface area (Å²) in [6.07, 6.45) is 2.52. The van der Waals surface area contributed by atoms with Gasteiger partial charge in [0.05, 0.1) is 4.90 Å². The number of hydrogen-bond donors (Lipinski definition) is 2. The fraction of sp³-hybridized carbons (Fsp3) is 0.438. The molecule has 0 saturated heterocycles. The molecule has 2 N–H and O–H groups in total. The minimum absolute atomic E-state index is 0.105. The zero-order chi connectivity index (χ0) is 17.2. The minimum atomic E-state index is -4.21. The van der Waals surface area contributed by atoms with Crippen molar-refractivity contribution in [3.8, 4) is 0 Å². The van der Waals surface area contributed by atoms with Gasteiger partial charge in [-0.25, -0.2) is 0 Å². The van der Waals surface area contributed by atoms with Gasteiger partial charge in [-0.15, -0.1) is 0 Å². The SMILES string of the molecule is Cc1c(C)n(CCCCCC(=O)O)c2ccc(S(=O)(=O)O)cc12. The van der Waals surface area contributed by atoms with E-state index < -0.39 is 16.1 Å². The van der Waals surface area contributed by atoms with Crippen molar-refractivity contribution in [3.05, 3.63) is 29.5 Å². The maximum absolute atomic E-state index is 11.3. The van der Waals surface area contributed by atoms with Gasteiger partial charge in [0.1, 0.15) is 0 Å². The average Bonchev–Trinajstić information content (AvgIpc) is 2.70. The molecule has 0 bridgehead atoms. The molecule has 0 aliphatic carbocycles. The van der Waals surface area contributed by atoms with Gasteiger partial charge in [0, 0.05) is 29.6 Å². The molecule has 126 valence electrons. The van der Waals surface area contributed by atoms with Crippen LogP contribution in [0.15, 0.2) is 23.1 Å². The Balaban J connectivity index is 2.24. The number of rotatable bonds is 7. The molecule has 2 aromatic rings. The van der Waals surface area contributed by atoms with Gasteiger partial charge in [0.2, 0.25) is 0 Å². The third-order valence-electron chi connectivity index (χ3n) is 4.18. The highest BCUT2D eigenvalue weighted by Gasteiger charge is 2.15. The number of aromatic nitrogens is 1. The van der Waals surface area contributed by atoms with Gasteiger partial charge < -0.3 is 9.67 Å². The Bertz CT molecular complexity index is 836. The fourth-order valence-corrected chi connectivity index (χ4v) is 3.31. The van der Waals surface area contributed by atoms with Crippen LogP contribution in [0.4, 0.5) is 0 Å². The predicted molar refractivity (Wildman–Crippen MR) is 87.3 cm³/mol. The van der Waals surface area contributed by atoms with E-state index in [0.717, 1.165) is 41.5 Å². The summed E-state index contributed by atoms with van der Waals surface area (Å²) in [5.41, 5.74) is 2.95. The molecule has 0 radical (unpaired) electrons. The Morgan fingerprint density at radius 3 is 2.48 bits per heavy atom. The van der Waals surface area contributed by atoms with Crippen LogP contribution in [0.1, 0.15) is 36.9 Å². The van der Waals surface area contributed by atoms with Crippen molar-refractivity contribution < 1.29 is 22.9 Å². The van der Waals surface area contributed by atoms with Crippen molar-refractivity contribution in [2.45, 2.75) is 51.0 Å². The highest BCUT2D eigenvalue weighted by atomic mass is 32.2. The third kappa shape index (κ3) is 3.92. The largest absolute Gasteiger partial charge is 0.481 e. The average molecular weight is 339 g/mol. The lowest BCUT2D eigenvalue weighted by molar-refractivity contribution is -0.137. The maximum atomic E-state index is 11.3. The molecule has 0 aliphatic rings. The molecule has 0 amide bonds. The van der Waals surface area contributed by atoms with E-state index in [1.54, 1.807) is 6.07 Å². The Morgan fingerprint density at radius 2 is 1.87 bits per heavy atom. The molecule has 0 fully saturated rings. The van der Waals surface area contributed by atoms with E-state index in [0.29, 0.717) is 6.42 Å². The number of carbonyl (C=O) groups is 1. The van der Waals surface area contributed by atoms with Crippen molar-refractivity contribution in [2.75, 3.05) is 0 Å². The van der Waals surface area contributed by atoms with Crippen molar-refractivity contribution >= 4 is 27.0 Å². The Morgan fingerprint density at radius 1 is 1.17 bits per heavy atom. The number of nitrogens with zero attached hydrogens (tertiary/aromatic N) is 1. The molecule has 1 aromatic carbocycles. The zero-order valence-corrected chi connectivity index (χ0v) is 14.1. The minimum Gasteiger partial charge on any atom is -0.481 e. The zero-order valence-electron chi connectivity index (χ0n) is 13.2. The fourth-order valence-electron chi connectivity index (χ4n) is 2.80. The van der Waals surface area contributed by atoms with E-state index >= 15 is 0 Å². The summed E-state index contributed by atoms with van der Waals surface area (Å²) >= 11 is 0. The van der Waals surface area contributed by atoms with Crippen LogP contribution in [0.3, 0.4) is 0 Å². The number of carboxylic acid groups (broad SMARTS) is 1. The van der Waals surface area contributed by atoms with E-state index in [9.17, 15) is 17.8 Å².